The fourth-order valence-corrected chi connectivity index (χ4v) is 3.67. The number of benzene rings is 3. The lowest BCUT2D eigenvalue weighted by atomic mass is 9.99. The molecule has 0 fully saturated rings. The molecule has 30 heavy (non-hydrogen) atoms. The average molecular weight is 422 g/mol. The van der Waals surface area contributed by atoms with Gasteiger partial charge in [-0.25, -0.2) is 4.79 Å². The van der Waals surface area contributed by atoms with Crippen LogP contribution in [-0.4, -0.2) is 17.0 Å². The van der Waals surface area contributed by atoms with Gasteiger partial charge in [0.1, 0.15) is 0 Å². The molecule has 154 valence electrons. The summed E-state index contributed by atoms with van der Waals surface area (Å²) in [7, 11) is 0. The van der Waals surface area contributed by atoms with E-state index in [-0.39, 0.29) is 5.91 Å². The third-order valence-corrected chi connectivity index (χ3v) is 5.35. The molecule has 0 radical (unpaired) electrons. The summed E-state index contributed by atoms with van der Waals surface area (Å²) < 4.78 is 0. The standard InChI is InChI=1S/C25H24ClNO3/c26-22-16-8-7-15-21(22)24(28)27-23-17-9-5-13-19(23)12-3-1-2-10-18-11-4-6-14-20(18)25(29)30/h4-9,11,13-17H,1-3,10,12H2,(H,27,28)(H,29,30). The number of carbonyl (C=O) groups excluding carboxylic acids is 1. The van der Waals surface area contributed by atoms with E-state index in [1.54, 1.807) is 36.4 Å². The van der Waals surface area contributed by atoms with Crippen LogP contribution in [0.4, 0.5) is 5.69 Å². The van der Waals surface area contributed by atoms with Crippen molar-refractivity contribution >= 4 is 29.2 Å². The summed E-state index contributed by atoms with van der Waals surface area (Å²) in [4.78, 5) is 23.9. The molecule has 0 unspecified atom stereocenters. The van der Waals surface area contributed by atoms with Gasteiger partial charge in [0, 0.05) is 5.69 Å². The lowest BCUT2D eigenvalue weighted by molar-refractivity contribution is 0.0695. The van der Waals surface area contributed by atoms with Crippen molar-refractivity contribution in [2.24, 2.45) is 0 Å². The fourth-order valence-electron chi connectivity index (χ4n) is 3.45. The molecule has 2 N–H and O–H groups in total. The summed E-state index contributed by atoms with van der Waals surface area (Å²) in [5.41, 5.74) is 3.57. The molecule has 0 bridgehead atoms. The van der Waals surface area contributed by atoms with Crippen LogP contribution in [0.3, 0.4) is 0 Å². The summed E-state index contributed by atoms with van der Waals surface area (Å²) in [5, 5.41) is 12.7. The van der Waals surface area contributed by atoms with Crippen LogP contribution in [0, 0.1) is 0 Å². The highest BCUT2D eigenvalue weighted by molar-refractivity contribution is 6.34. The van der Waals surface area contributed by atoms with Crippen LogP contribution in [0.1, 0.15) is 51.1 Å². The lowest BCUT2D eigenvalue weighted by Gasteiger charge is -2.12. The summed E-state index contributed by atoms with van der Waals surface area (Å²) in [5.74, 6) is -1.10. The molecule has 0 heterocycles. The lowest BCUT2D eigenvalue weighted by Crippen LogP contribution is -2.13. The molecule has 3 aromatic rings. The maximum Gasteiger partial charge on any atom is 0.335 e. The maximum absolute atomic E-state index is 12.6. The monoisotopic (exact) mass is 421 g/mol. The fraction of sp³-hybridized carbons (Fsp3) is 0.200. The molecule has 4 nitrogen and oxygen atoms in total. The van der Waals surface area contributed by atoms with Crippen molar-refractivity contribution < 1.29 is 14.7 Å². The van der Waals surface area contributed by atoms with E-state index < -0.39 is 5.97 Å². The molecule has 0 aliphatic heterocycles. The molecule has 0 saturated carbocycles. The first kappa shape index (κ1) is 21.6. The summed E-state index contributed by atoms with van der Waals surface area (Å²) >= 11 is 6.13. The van der Waals surface area contributed by atoms with Crippen LogP contribution in [0.25, 0.3) is 0 Å². The van der Waals surface area contributed by atoms with Gasteiger partial charge < -0.3 is 10.4 Å². The first-order valence-corrected chi connectivity index (χ1v) is 10.4. The third kappa shape index (κ3) is 5.71. The molecule has 0 saturated heterocycles. The van der Waals surface area contributed by atoms with Crippen molar-refractivity contribution in [3.05, 3.63) is 100 Å². The maximum atomic E-state index is 12.6. The van der Waals surface area contributed by atoms with Gasteiger partial charge in [-0.1, -0.05) is 66.6 Å². The van der Waals surface area contributed by atoms with Crippen molar-refractivity contribution in [2.75, 3.05) is 5.32 Å². The van der Waals surface area contributed by atoms with Crippen LogP contribution < -0.4 is 5.32 Å². The highest BCUT2D eigenvalue weighted by Gasteiger charge is 2.12. The number of unbranched alkanes of at least 4 members (excludes halogenated alkanes) is 2. The Morgan fingerprint density at radius 1 is 0.733 bits per heavy atom. The minimum atomic E-state index is -0.881. The van der Waals surface area contributed by atoms with Gasteiger partial charge in [0.05, 0.1) is 16.1 Å². The second-order valence-corrected chi connectivity index (χ2v) is 7.52. The first-order valence-electron chi connectivity index (χ1n) is 10.0. The Kier molecular flexibility index (Phi) is 7.63. The van der Waals surface area contributed by atoms with E-state index in [0.717, 1.165) is 48.9 Å². The molecule has 0 aliphatic rings. The van der Waals surface area contributed by atoms with Gasteiger partial charge in [-0.2, -0.15) is 0 Å². The van der Waals surface area contributed by atoms with Crippen LogP contribution in [0.5, 0.6) is 0 Å². The molecule has 5 heteroatoms. The molecule has 1 amide bonds. The molecule has 0 aliphatic carbocycles. The highest BCUT2D eigenvalue weighted by atomic mass is 35.5. The summed E-state index contributed by atoms with van der Waals surface area (Å²) in [6, 6.07) is 21.9. The van der Waals surface area contributed by atoms with Crippen molar-refractivity contribution in [2.45, 2.75) is 32.1 Å². The van der Waals surface area contributed by atoms with Gasteiger partial charge in [-0.15, -0.1) is 0 Å². The van der Waals surface area contributed by atoms with Crippen LogP contribution in [0.15, 0.2) is 72.8 Å². The van der Waals surface area contributed by atoms with Gasteiger partial charge >= 0.3 is 5.97 Å². The zero-order chi connectivity index (χ0) is 21.3. The largest absolute Gasteiger partial charge is 0.478 e. The molecular weight excluding hydrogens is 398 g/mol. The van der Waals surface area contributed by atoms with Crippen LogP contribution in [0.2, 0.25) is 5.02 Å². The minimum absolute atomic E-state index is 0.224. The first-order chi connectivity index (χ1) is 14.6. The van der Waals surface area contributed by atoms with E-state index in [1.807, 2.05) is 36.4 Å². The molecular formula is C25H24ClNO3. The number of amides is 1. The van der Waals surface area contributed by atoms with Crippen molar-refractivity contribution in [1.82, 2.24) is 0 Å². The Hall–Kier alpha value is -3.11. The van der Waals surface area contributed by atoms with E-state index in [2.05, 4.69) is 5.32 Å². The van der Waals surface area contributed by atoms with Crippen LogP contribution in [-0.2, 0) is 12.8 Å². The number of carboxylic acid groups (broad SMARTS) is 1. The number of carboxylic acids is 1. The number of hydrogen-bond acceptors (Lipinski definition) is 2. The zero-order valence-corrected chi connectivity index (χ0v) is 17.4. The van der Waals surface area contributed by atoms with Gasteiger partial charge in [-0.3, -0.25) is 4.79 Å². The molecule has 3 aromatic carbocycles. The summed E-state index contributed by atoms with van der Waals surface area (Å²) in [6.45, 7) is 0. The number of para-hydroxylation sites is 1. The van der Waals surface area contributed by atoms with Gasteiger partial charge in [0.15, 0.2) is 0 Å². The SMILES string of the molecule is O=C(Nc1ccccc1CCCCCc1ccccc1C(=O)O)c1ccccc1Cl. The smallest absolute Gasteiger partial charge is 0.335 e. The average Bonchev–Trinajstić information content (AvgIpc) is 2.75. The topological polar surface area (TPSA) is 66.4 Å². The molecule has 0 spiro atoms. The van der Waals surface area contributed by atoms with E-state index >= 15 is 0 Å². The molecule has 3 rings (SSSR count). The van der Waals surface area contributed by atoms with Gasteiger partial charge in [0.25, 0.3) is 5.91 Å². The number of nitrogens with one attached hydrogen (secondary N) is 1. The number of aryl methyl sites for hydroxylation is 2. The molecule has 0 atom stereocenters. The second-order valence-electron chi connectivity index (χ2n) is 7.11. The quantitative estimate of drug-likeness (QED) is 0.401. The van der Waals surface area contributed by atoms with Crippen molar-refractivity contribution in [1.29, 1.82) is 0 Å². The van der Waals surface area contributed by atoms with Crippen LogP contribution >= 0.6 is 11.6 Å². The zero-order valence-electron chi connectivity index (χ0n) is 16.6. The van der Waals surface area contributed by atoms with Crippen molar-refractivity contribution in [3.63, 3.8) is 0 Å². The van der Waals surface area contributed by atoms with E-state index in [4.69, 9.17) is 11.6 Å². The van der Waals surface area contributed by atoms with Gasteiger partial charge in [-0.05, 0) is 61.1 Å². The molecule has 0 aromatic heterocycles. The number of halogens is 1. The highest BCUT2D eigenvalue weighted by Crippen LogP contribution is 2.22. The number of carbonyl (C=O) groups is 2. The number of hydrogen-bond donors (Lipinski definition) is 2. The Labute approximate surface area is 181 Å². The number of aromatic carboxylic acids is 1. The third-order valence-electron chi connectivity index (χ3n) is 5.02. The van der Waals surface area contributed by atoms with E-state index in [9.17, 15) is 14.7 Å². The normalized spacial score (nSPS) is 10.6. The number of anilines is 1. The summed E-state index contributed by atoms with van der Waals surface area (Å²) in [6.07, 6.45) is 4.42. The predicted molar refractivity (Wildman–Crippen MR) is 121 cm³/mol. The van der Waals surface area contributed by atoms with E-state index in [1.165, 1.54) is 0 Å². The Balaban J connectivity index is 1.54. The van der Waals surface area contributed by atoms with E-state index in [0.29, 0.717) is 16.1 Å². The Morgan fingerprint density at radius 2 is 1.30 bits per heavy atom. The Morgan fingerprint density at radius 3 is 2.00 bits per heavy atom. The number of rotatable bonds is 9. The predicted octanol–water partition coefficient (Wildman–Crippen LogP) is 6.25. The second kappa shape index (κ2) is 10.6. The van der Waals surface area contributed by atoms with Crippen molar-refractivity contribution in [3.8, 4) is 0 Å². The Bertz CT molecular complexity index is 1030. The van der Waals surface area contributed by atoms with Gasteiger partial charge in [0.2, 0.25) is 0 Å². The minimum Gasteiger partial charge on any atom is -0.478 e.